The smallest absolute Gasteiger partial charge is 0.253 e. The van der Waals surface area contributed by atoms with Crippen LogP contribution < -0.4 is 5.32 Å². The number of aryl methyl sites for hydroxylation is 1. The zero-order valence-electron chi connectivity index (χ0n) is 12.7. The summed E-state index contributed by atoms with van der Waals surface area (Å²) < 4.78 is 0. The van der Waals surface area contributed by atoms with Crippen LogP contribution in [0, 0.1) is 0 Å². The van der Waals surface area contributed by atoms with Crippen molar-refractivity contribution in [3.8, 4) is 0 Å². The minimum atomic E-state index is 0.151. The Morgan fingerprint density at radius 1 is 1.35 bits per heavy atom. The maximum Gasteiger partial charge on any atom is 0.253 e. The number of carbonyl (C=O) groups is 1. The van der Waals surface area contributed by atoms with Crippen LogP contribution in [0.2, 0.25) is 0 Å². The van der Waals surface area contributed by atoms with E-state index < -0.39 is 0 Å². The minimum Gasteiger partial charge on any atom is -0.342 e. The Morgan fingerprint density at radius 3 is 2.85 bits per heavy atom. The van der Waals surface area contributed by atoms with Crippen molar-refractivity contribution in [3.63, 3.8) is 0 Å². The predicted molar refractivity (Wildman–Crippen MR) is 83.0 cm³/mol. The molecule has 1 heterocycles. The van der Waals surface area contributed by atoms with Crippen molar-refractivity contribution in [2.75, 3.05) is 20.1 Å². The van der Waals surface area contributed by atoms with Gasteiger partial charge in [0, 0.05) is 25.2 Å². The molecule has 1 unspecified atom stereocenters. The highest BCUT2D eigenvalue weighted by molar-refractivity contribution is 5.95. The van der Waals surface area contributed by atoms with E-state index >= 15 is 0 Å². The lowest BCUT2D eigenvalue weighted by Crippen LogP contribution is -2.38. The van der Waals surface area contributed by atoms with Gasteiger partial charge in [-0.15, -0.1) is 0 Å². The molecule has 2 rings (SSSR count). The van der Waals surface area contributed by atoms with Gasteiger partial charge in [0.25, 0.3) is 5.91 Å². The Bertz CT molecular complexity index is 438. The zero-order valence-corrected chi connectivity index (χ0v) is 12.7. The lowest BCUT2D eigenvalue weighted by molar-refractivity contribution is 0.0787. The van der Waals surface area contributed by atoms with Gasteiger partial charge in [0.15, 0.2) is 0 Å². The molecule has 3 nitrogen and oxygen atoms in total. The molecule has 1 aromatic rings. The molecular weight excluding hydrogens is 248 g/mol. The lowest BCUT2D eigenvalue weighted by Gasteiger charge is -2.26. The van der Waals surface area contributed by atoms with Crippen LogP contribution in [0.4, 0.5) is 0 Å². The number of rotatable bonds is 5. The molecule has 1 saturated heterocycles. The molecule has 1 aliphatic rings. The third-order valence-corrected chi connectivity index (χ3v) is 4.20. The molecule has 1 fully saturated rings. The first-order valence-electron chi connectivity index (χ1n) is 7.79. The van der Waals surface area contributed by atoms with Crippen molar-refractivity contribution < 1.29 is 4.79 Å². The van der Waals surface area contributed by atoms with Crippen molar-refractivity contribution in [2.45, 2.75) is 45.1 Å². The van der Waals surface area contributed by atoms with Gasteiger partial charge in [0.1, 0.15) is 0 Å². The van der Waals surface area contributed by atoms with Crippen molar-refractivity contribution in [1.29, 1.82) is 0 Å². The molecular formula is C17H26N2O. The van der Waals surface area contributed by atoms with Crippen LogP contribution in [0.15, 0.2) is 24.3 Å². The molecule has 1 aromatic carbocycles. The summed E-state index contributed by atoms with van der Waals surface area (Å²) in [5, 5.41) is 3.54. The normalized spacial score (nSPS) is 18.8. The summed E-state index contributed by atoms with van der Waals surface area (Å²) in [6, 6.07) is 8.52. The van der Waals surface area contributed by atoms with Gasteiger partial charge in [0.2, 0.25) is 0 Å². The molecule has 0 spiro atoms. The molecule has 1 N–H and O–H groups in total. The van der Waals surface area contributed by atoms with E-state index in [0.717, 1.165) is 37.1 Å². The van der Waals surface area contributed by atoms with Crippen LogP contribution in [0.3, 0.4) is 0 Å². The average molecular weight is 274 g/mol. The summed E-state index contributed by atoms with van der Waals surface area (Å²) in [5.74, 6) is 0.151. The average Bonchev–Trinajstić information content (AvgIpc) is 2.52. The zero-order chi connectivity index (χ0) is 14.4. The lowest BCUT2D eigenvalue weighted by atomic mass is 10.0. The van der Waals surface area contributed by atoms with E-state index in [2.05, 4.69) is 12.2 Å². The van der Waals surface area contributed by atoms with E-state index in [0.29, 0.717) is 6.04 Å². The van der Waals surface area contributed by atoms with Crippen LogP contribution in [0.25, 0.3) is 0 Å². The van der Waals surface area contributed by atoms with E-state index in [1.807, 2.05) is 36.2 Å². The molecule has 0 bridgehead atoms. The van der Waals surface area contributed by atoms with Crippen molar-refractivity contribution in [1.82, 2.24) is 10.2 Å². The van der Waals surface area contributed by atoms with Crippen molar-refractivity contribution in [2.24, 2.45) is 0 Å². The van der Waals surface area contributed by atoms with Gasteiger partial charge in [-0.1, -0.05) is 31.5 Å². The van der Waals surface area contributed by atoms with Crippen LogP contribution in [0.1, 0.15) is 48.5 Å². The molecule has 1 aliphatic heterocycles. The van der Waals surface area contributed by atoms with Crippen LogP contribution in [0.5, 0.6) is 0 Å². The van der Waals surface area contributed by atoms with Gasteiger partial charge in [-0.05, 0) is 43.9 Å². The molecule has 0 radical (unpaired) electrons. The standard InChI is InChI=1S/C17H26N2O/c1-3-14-8-4-5-10-16(14)17(20)19(2)13-11-15-9-6-7-12-18-15/h4-5,8,10,15,18H,3,6-7,9,11-13H2,1-2H3. The minimum absolute atomic E-state index is 0.151. The fraction of sp³-hybridized carbons (Fsp3) is 0.588. The quantitative estimate of drug-likeness (QED) is 0.895. The van der Waals surface area contributed by atoms with E-state index in [1.54, 1.807) is 0 Å². The second-order valence-electron chi connectivity index (χ2n) is 5.67. The van der Waals surface area contributed by atoms with Gasteiger partial charge in [-0.2, -0.15) is 0 Å². The number of benzene rings is 1. The Labute approximate surface area is 122 Å². The monoisotopic (exact) mass is 274 g/mol. The number of amides is 1. The Morgan fingerprint density at radius 2 is 2.15 bits per heavy atom. The number of piperidine rings is 1. The topological polar surface area (TPSA) is 32.3 Å². The Balaban J connectivity index is 1.90. The highest BCUT2D eigenvalue weighted by Crippen LogP contribution is 2.14. The van der Waals surface area contributed by atoms with Gasteiger partial charge >= 0.3 is 0 Å². The fourth-order valence-corrected chi connectivity index (χ4v) is 2.86. The number of hydrogen-bond acceptors (Lipinski definition) is 2. The SMILES string of the molecule is CCc1ccccc1C(=O)N(C)CCC1CCCCN1. The third-order valence-electron chi connectivity index (χ3n) is 4.20. The van der Waals surface area contributed by atoms with E-state index in [-0.39, 0.29) is 5.91 Å². The molecule has 0 aromatic heterocycles. The van der Waals surface area contributed by atoms with Crippen LogP contribution >= 0.6 is 0 Å². The first kappa shape index (κ1) is 15.0. The summed E-state index contributed by atoms with van der Waals surface area (Å²) in [5.41, 5.74) is 1.99. The van der Waals surface area contributed by atoms with Crippen LogP contribution in [-0.4, -0.2) is 37.0 Å². The number of nitrogens with one attached hydrogen (secondary N) is 1. The molecule has 110 valence electrons. The maximum absolute atomic E-state index is 12.5. The third kappa shape index (κ3) is 3.83. The predicted octanol–water partition coefficient (Wildman–Crippen LogP) is 2.85. The summed E-state index contributed by atoms with van der Waals surface area (Å²) >= 11 is 0. The second kappa shape index (κ2) is 7.44. The van der Waals surface area contributed by atoms with Crippen molar-refractivity contribution >= 4 is 5.91 Å². The molecule has 3 heteroatoms. The molecule has 20 heavy (non-hydrogen) atoms. The highest BCUT2D eigenvalue weighted by Gasteiger charge is 2.17. The summed E-state index contributed by atoms with van der Waals surface area (Å²) in [7, 11) is 1.91. The summed E-state index contributed by atoms with van der Waals surface area (Å²) in [4.78, 5) is 14.4. The van der Waals surface area contributed by atoms with E-state index in [4.69, 9.17) is 0 Å². The van der Waals surface area contributed by atoms with Crippen LogP contribution in [-0.2, 0) is 6.42 Å². The van der Waals surface area contributed by atoms with Gasteiger partial charge in [0.05, 0.1) is 0 Å². The van der Waals surface area contributed by atoms with E-state index in [9.17, 15) is 4.79 Å². The first-order valence-corrected chi connectivity index (χ1v) is 7.79. The molecule has 0 aliphatic carbocycles. The Hall–Kier alpha value is -1.35. The van der Waals surface area contributed by atoms with Gasteiger partial charge in [-0.25, -0.2) is 0 Å². The molecule has 1 amide bonds. The fourth-order valence-electron chi connectivity index (χ4n) is 2.86. The maximum atomic E-state index is 12.5. The second-order valence-corrected chi connectivity index (χ2v) is 5.67. The van der Waals surface area contributed by atoms with Gasteiger partial charge < -0.3 is 10.2 Å². The van der Waals surface area contributed by atoms with E-state index in [1.165, 1.54) is 19.3 Å². The summed E-state index contributed by atoms with van der Waals surface area (Å²) in [6.07, 6.45) is 5.80. The van der Waals surface area contributed by atoms with Crippen molar-refractivity contribution in [3.05, 3.63) is 35.4 Å². The first-order chi connectivity index (χ1) is 9.72. The number of nitrogens with zero attached hydrogens (tertiary/aromatic N) is 1. The Kier molecular flexibility index (Phi) is 5.60. The van der Waals surface area contributed by atoms with Gasteiger partial charge in [-0.3, -0.25) is 4.79 Å². The summed E-state index contributed by atoms with van der Waals surface area (Å²) in [6.45, 7) is 4.05. The highest BCUT2D eigenvalue weighted by atomic mass is 16.2. The molecule has 1 atom stereocenters. The number of hydrogen-bond donors (Lipinski definition) is 1. The molecule has 0 saturated carbocycles. The number of carbonyl (C=O) groups excluding carboxylic acids is 1. The largest absolute Gasteiger partial charge is 0.342 e.